The van der Waals surface area contributed by atoms with Crippen molar-refractivity contribution >= 4 is 17.5 Å². The van der Waals surface area contributed by atoms with E-state index in [0.29, 0.717) is 19.0 Å². The zero-order valence-electron chi connectivity index (χ0n) is 16.1. The fourth-order valence-electron chi connectivity index (χ4n) is 4.23. The van der Waals surface area contributed by atoms with Crippen molar-refractivity contribution in [1.29, 1.82) is 0 Å². The molecule has 1 amide bonds. The maximum absolute atomic E-state index is 13.6. The third-order valence-corrected chi connectivity index (χ3v) is 6.09. The molecular weight excluding hydrogens is 354 g/mol. The minimum Gasteiger partial charge on any atom is -0.497 e. The molecule has 0 bridgehead atoms. The molecule has 1 aromatic carbocycles. The van der Waals surface area contributed by atoms with Crippen molar-refractivity contribution in [2.75, 3.05) is 37.0 Å². The summed E-state index contributed by atoms with van der Waals surface area (Å²) in [6.07, 6.45) is 5.20. The van der Waals surface area contributed by atoms with Crippen molar-refractivity contribution in [3.05, 3.63) is 41.7 Å². The van der Waals surface area contributed by atoms with E-state index < -0.39 is 5.41 Å². The van der Waals surface area contributed by atoms with E-state index in [2.05, 4.69) is 15.6 Å². The summed E-state index contributed by atoms with van der Waals surface area (Å²) < 4.78 is 5.25. The first kappa shape index (κ1) is 17.4. The molecule has 1 spiro atoms. The minimum atomic E-state index is -0.619. The quantitative estimate of drug-likeness (QED) is 0.828. The van der Waals surface area contributed by atoms with Crippen LogP contribution in [-0.2, 0) is 16.8 Å². The second-order valence-electron chi connectivity index (χ2n) is 7.99. The maximum Gasteiger partial charge on any atom is 0.240 e. The van der Waals surface area contributed by atoms with Crippen molar-refractivity contribution in [2.45, 2.75) is 31.2 Å². The van der Waals surface area contributed by atoms with Crippen LogP contribution in [-0.4, -0.2) is 42.6 Å². The van der Waals surface area contributed by atoms with Gasteiger partial charge in [-0.3, -0.25) is 4.79 Å². The Balaban J connectivity index is 1.50. The summed E-state index contributed by atoms with van der Waals surface area (Å²) in [4.78, 5) is 24.8. The highest BCUT2D eigenvalue weighted by molar-refractivity contribution is 6.03. The average molecular weight is 379 g/mol. The zero-order valence-corrected chi connectivity index (χ0v) is 16.1. The Morgan fingerprint density at radius 1 is 1.32 bits per heavy atom. The monoisotopic (exact) mass is 379 g/mol. The fraction of sp³-hybridized carbons (Fsp3) is 0.476. The number of amides is 1. The normalized spacial score (nSPS) is 23.8. The second-order valence-corrected chi connectivity index (χ2v) is 7.99. The molecule has 28 heavy (non-hydrogen) atoms. The summed E-state index contributed by atoms with van der Waals surface area (Å²) >= 11 is 0. The number of nitrogens with one attached hydrogen (secondary N) is 2. The van der Waals surface area contributed by atoms with Crippen molar-refractivity contribution in [1.82, 2.24) is 15.3 Å². The maximum atomic E-state index is 13.6. The van der Waals surface area contributed by atoms with Gasteiger partial charge in [0.25, 0.3) is 0 Å². The molecule has 146 valence electrons. The van der Waals surface area contributed by atoms with Crippen molar-refractivity contribution in [2.24, 2.45) is 5.92 Å². The number of hydrogen-bond donors (Lipinski definition) is 2. The molecule has 1 unspecified atom stereocenters. The summed E-state index contributed by atoms with van der Waals surface area (Å²) in [5, 5.41) is 6.73. The van der Waals surface area contributed by atoms with Gasteiger partial charge in [0.15, 0.2) is 0 Å². The molecule has 2 aliphatic heterocycles. The summed E-state index contributed by atoms with van der Waals surface area (Å²) in [5.74, 6) is 2.28. The first-order chi connectivity index (χ1) is 13.7. The van der Waals surface area contributed by atoms with Gasteiger partial charge in [0.05, 0.1) is 19.3 Å². The van der Waals surface area contributed by atoms with Crippen LogP contribution >= 0.6 is 0 Å². The van der Waals surface area contributed by atoms with Crippen molar-refractivity contribution < 1.29 is 9.53 Å². The summed E-state index contributed by atoms with van der Waals surface area (Å²) in [5.41, 5.74) is 2.17. The van der Waals surface area contributed by atoms with E-state index in [0.717, 1.165) is 48.1 Å². The van der Waals surface area contributed by atoms with E-state index in [4.69, 9.17) is 9.72 Å². The molecule has 7 heteroatoms. The van der Waals surface area contributed by atoms with Gasteiger partial charge < -0.3 is 20.3 Å². The lowest BCUT2D eigenvalue weighted by atomic mass is 9.77. The van der Waals surface area contributed by atoms with Gasteiger partial charge in [0.2, 0.25) is 11.9 Å². The number of fused-ring (bicyclic) bond motifs is 2. The highest BCUT2D eigenvalue weighted by atomic mass is 16.5. The summed E-state index contributed by atoms with van der Waals surface area (Å²) in [6, 6.07) is 7.65. The predicted molar refractivity (Wildman–Crippen MR) is 107 cm³/mol. The number of hydrogen-bond acceptors (Lipinski definition) is 6. The topological polar surface area (TPSA) is 79.4 Å². The van der Waals surface area contributed by atoms with Crippen LogP contribution in [0.25, 0.3) is 0 Å². The Bertz CT molecular complexity index is 888. The number of anilines is 2. The number of aromatic nitrogens is 2. The number of nitrogens with zero attached hydrogens (tertiary/aromatic N) is 3. The Morgan fingerprint density at radius 3 is 2.82 bits per heavy atom. The third kappa shape index (κ3) is 2.90. The molecule has 0 radical (unpaired) electrons. The Morgan fingerprint density at radius 2 is 2.14 bits per heavy atom. The van der Waals surface area contributed by atoms with Crippen molar-refractivity contribution in [3.8, 4) is 5.75 Å². The third-order valence-electron chi connectivity index (χ3n) is 6.09. The first-order valence-electron chi connectivity index (χ1n) is 9.97. The van der Waals surface area contributed by atoms with Gasteiger partial charge in [-0.2, -0.15) is 0 Å². The summed E-state index contributed by atoms with van der Waals surface area (Å²) in [7, 11) is 1.64. The van der Waals surface area contributed by atoms with Crippen LogP contribution in [0.1, 0.15) is 30.5 Å². The van der Waals surface area contributed by atoms with Gasteiger partial charge in [-0.25, -0.2) is 9.97 Å². The molecule has 2 N–H and O–H groups in total. The standard InChI is InChI=1S/C21H25N5O2/c1-28-17-6-4-16(5-7-17)26-12-15-11-24-20(23-10-14-2-3-14)25-18(15)21(19(26)27)8-9-22-13-21/h4-7,11,14,22H,2-3,8-10,12-13H2,1H3,(H,23,24,25). The van der Waals surface area contributed by atoms with Crippen LogP contribution < -0.4 is 20.3 Å². The van der Waals surface area contributed by atoms with E-state index in [1.165, 1.54) is 12.8 Å². The molecule has 1 saturated heterocycles. The van der Waals surface area contributed by atoms with Crippen molar-refractivity contribution in [3.63, 3.8) is 0 Å². The van der Waals surface area contributed by atoms with Crippen LogP contribution in [0.5, 0.6) is 5.75 Å². The predicted octanol–water partition coefficient (Wildman–Crippen LogP) is 2.08. The zero-order chi connectivity index (χ0) is 19.1. The Kier molecular flexibility index (Phi) is 4.19. The van der Waals surface area contributed by atoms with Gasteiger partial charge in [-0.1, -0.05) is 0 Å². The highest BCUT2D eigenvalue weighted by Gasteiger charge is 2.51. The van der Waals surface area contributed by atoms with Crippen LogP contribution in [0, 0.1) is 5.92 Å². The number of ether oxygens (including phenoxy) is 1. The molecule has 7 nitrogen and oxygen atoms in total. The van der Waals surface area contributed by atoms with Crippen LogP contribution in [0.2, 0.25) is 0 Å². The number of methoxy groups -OCH3 is 1. The smallest absolute Gasteiger partial charge is 0.240 e. The summed E-state index contributed by atoms with van der Waals surface area (Å²) in [6.45, 7) is 2.84. The SMILES string of the molecule is COc1ccc(N2Cc3cnc(NCC4CC4)nc3C3(CCNC3)C2=O)cc1. The number of benzene rings is 1. The van der Waals surface area contributed by atoms with E-state index in [1.807, 2.05) is 35.4 Å². The van der Waals surface area contributed by atoms with Gasteiger partial charge in [-0.15, -0.1) is 0 Å². The first-order valence-corrected chi connectivity index (χ1v) is 9.97. The lowest BCUT2D eigenvalue weighted by Gasteiger charge is -2.39. The van der Waals surface area contributed by atoms with E-state index in [-0.39, 0.29) is 5.91 Å². The molecule has 2 aromatic rings. The Hall–Kier alpha value is -2.67. The van der Waals surface area contributed by atoms with Crippen LogP contribution in [0.4, 0.5) is 11.6 Å². The second kappa shape index (κ2) is 6.74. The van der Waals surface area contributed by atoms with Gasteiger partial charge in [-0.05, 0) is 56.0 Å². The van der Waals surface area contributed by atoms with Gasteiger partial charge in [0.1, 0.15) is 11.2 Å². The van der Waals surface area contributed by atoms with Crippen LogP contribution in [0.15, 0.2) is 30.5 Å². The molecule has 1 aromatic heterocycles. The molecule has 3 heterocycles. The number of rotatable bonds is 5. The molecule has 2 fully saturated rings. The molecule has 1 saturated carbocycles. The number of carbonyl (C=O) groups is 1. The van der Waals surface area contributed by atoms with Gasteiger partial charge in [0, 0.05) is 30.5 Å². The lowest BCUT2D eigenvalue weighted by molar-refractivity contribution is -0.124. The van der Waals surface area contributed by atoms with Gasteiger partial charge >= 0.3 is 0 Å². The molecular formula is C21H25N5O2. The molecule has 1 aliphatic carbocycles. The molecule has 1 atom stereocenters. The minimum absolute atomic E-state index is 0.113. The largest absolute Gasteiger partial charge is 0.497 e. The average Bonchev–Trinajstić information content (AvgIpc) is 3.44. The number of carbonyl (C=O) groups excluding carboxylic acids is 1. The van der Waals surface area contributed by atoms with E-state index >= 15 is 0 Å². The highest BCUT2D eigenvalue weighted by Crippen LogP contribution is 2.40. The molecule has 3 aliphatic rings. The van der Waals surface area contributed by atoms with E-state index in [1.54, 1.807) is 7.11 Å². The fourth-order valence-corrected chi connectivity index (χ4v) is 4.23. The Labute approximate surface area is 164 Å². The molecule has 5 rings (SSSR count). The van der Waals surface area contributed by atoms with Crippen LogP contribution in [0.3, 0.4) is 0 Å². The van der Waals surface area contributed by atoms with E-state index in [9.17, 15) is 4.79 Å². The lowest BCUT2D eigenvalue weighted by Crippen LogP contribution is -2.53.